The summed E-state index contributed by atoms with van der Waals surface area (Å²) in [6.45, 7) is 1.92. The molecule has 0 fully saturated rings. The van der Waals surface area contributed by atoms with Crippen LogP contribution in [-0.4, -0.2) is 14.3 Å². The number of allylic oxidation sites excluding steroid dienone is 1. The standard InChI is InChI=1S/C19H17N5O/c1-12-16-17(15(11-20)18(21)25-19(16)23(2)22-12)13-5-7-14(8-6-13)24-9-3-4-10-24/h3-10,17H,21H2,1-2H3. The van der Waals surface area contributed by atoms with Gasteiger partial charge in [-0.15, -0.1) is 0 Å². The van der Waals surface area contributed by atoms with Crippen LogP contribution in [0.3, 0.4) is 0 Å². The van der Waals surface area contributed by atoms with Crippen LogP contribution in [0.1, 0.15) is 22.7 Å². The van der Waals surface area contributed by atoms with Crippen LogP contribution in [0.25, 0.3) is 5.69 Å². The van der Waals surface area contributed by atoms with Gasteiger partial charge in [0.25, 0.3) is 0 Å². The summed E-state index contributed by atoms with van der Waals surface area (Å²) < 4.78 is 9.34. The van der Waals surface area contributed by atoms with Crippen LogP contribution in [-0.2, 0) is 7.05 Å². The highest BCUT2D eigenvalue weighted by atomic mass is 16.5. The number of aromatic nitrogens is 3. The van der Waals surface area contributed by atoms with Gasteiger partial charge in [0.15, 0.2) is 0 Å². The molecule has 0 amide bonds. The summed E-state index contributed by atoms with van der Waals surface area (Å²) in [5.74, 6) is 0.451. The summed E-state index contributed by atoms with van der Waals surface area (Å²) in [6, 6.07) is 14.3. The average molecular weight is 331 g/mol. The van der Waals surface area contributed by atoms with Crippen molar-refractivity contribution in [1.29, 1.82) is 5.26 Å². The van der Waals surface area contributed by atoms with Crippen molar-refractivity contribution in [2.45, 2.75) is 12.8 Å². The molecule has 1 aliphatic heterocycles. The van der Waals surface area contributed by atoms with E-state index in [0.29, 0.717) is 11.5 Å². The monoisotopic (exact) mass is 331 g/mol. The molecule has 0 saturated heterocycles. The fourth-order valence-electron chi connectivity index (χ4n) is 3.35. The molecular formula is C19H17N5O. The van der Waals surface area contributed by atoms with Gasteiger partial charge in [0.2, 0.25) is 11.8 Å². The van der Waals surface area contributed by atoms with Crippen LogP contribution in [0.2, 0.25) is 0 Å². The van der Waals surface area contributed by atoms with Crippen molar-refractivity contribution in [2.75, 3.05) is 0 Å². The fourth-order valence-corrected chi connectivity index (χ4v) is 3.35. The van der Waals surface area contributed by atoms with Crippen molar-refractivity contribution in [2.24, 2.45) is 12.8 Å². The second kappa shape index (κ2) is 5.56. The number of nitrogens with zero attached hydrogens (tertiary/aromatic N) is 4. The molecule has 2 N–H and O–H groups in total. The lowest BCUT2D eigenvalue weighted by Crippen LogP contribution is -2.21. The van der Waals surface area contributed by atoms with Crippen LogP contribution in [0, 0.1) is 18.3 Å². The number of ether oxygens (including phenoxy) is 1. The summed E-state index contributed by atoms with van der Waals surface area (Å²) in [7, 11) is 1.81. The summed E-state index contributed by atoms with van der Waals surface area (Å²) in [6.07, 6.45) is 3.98. The molecule has 25 heavy (non-hydrogen) atoms. The molecule has 0 bridgehead atoms. The van der Waals surface area contributed by atoms with E-state index in [4.69, 9.17) is 10.5 Å². The predicted octanol–water partition coefficient (Wildman–Crippen LogP) is 2.74. The van der Waals surface area contributed by atoms with Gasteiger partial charge in [0, 0.05) is 25.1 Å². The molecule has 3 heterocycles. The molecule has 0 spiro atoms. The number of rotatable bonds is 2. The van der Waals surface area contributed by atoms with Crippen LogP contribution in [0.15, 0.2) is 60.2 Å². The van der Waals surface area contributed by atoms with Crippen LogP contribution in [0.5, 0.6) is 5.88 Å². The zero-order valence-corrected chi connectivity index (χ0v) is 14.0. The van der Waals surface area contributed by atoms with E-state index in [1.165, 1.54) is 0 Å². The van der Waals surface area contributed by atoms with Gasteiger partial charge >= 0.3 is 0 Å². The molecule has 6 nitrogen and oxygen atoms in total. The lowest BCUT2D eigenvalue weighted by Gasteiger charge is -2.24. The number of nitriles is 1. The molecule has 1 aromatic carbocycles. The first-order valence-corrected chi connectivity index (χ1v) is 7.94. The smallest absolute Gasteiger partial charge is 0.224 e. The Bertz CT molecular complexity index is 1000. The van der Waals surface area contributed by atoms with Gasteiger partial charge in [-0.05, 0) is 36.8 Å². The molecule has 124 valence electrons. The number of benzene rings is 1. The van der Waals surface area contributed by atoms with E-state index >= 15 is 0 Å². The first-order chi connectivity index (χ1) is 12.1. The first-order valence-electron chi connectivity index (χ1n) is 7.94. The van der Waals surface area contributed by atoms with E-state index in [-0.39, 0.29) is 11.8 Å². The highest BCUT2D eigenvalue weighted by molar-refractivity contribution is 5.56. The quantitative estimate of drug-likeness (QED) is 0.783. The van der Waals surface area contributed by atoms with Crippen LogP contribution >= 0.6 is 0 Å². The van der Waals surface area contributed by atoms with Crippen molar-refractivity contribution in [1.82, 2.24) is 14.3 Å². The van der Waals surface area contributed by atoms with Gasteiger partial charge in [-0.1, -0.05) is 12.1 Å². The Balaban J connectivity index is 1.85. The second-order valence-electron chi connectivity index (χ2n) is 6.03. The molecule has 6 heteroatoms. The Labute approximate surface area is 145 Å². The molecule has 0 aliphatic carbocycles. The lowest BCUT2D eigenvalue weighted by atomic mass is 9.84. The lowest BCUT2D eigenvalue weighted by molar-refractivity contribution is 0.358. The van der Waals surface area contributed by atoms with Gasteiger partial charge in [0.1, 0.15) is 11.6 Å². The first kappa shape index (κ1) is 15.1. The molecule has 0 radical (unpaired) electrons. The Morgan fingerprint density at radius 1 is 1.20 bits per heavy atom. The van der Waals surface area contributed by atoms with E-state index in [1.807, 2.05) is 67.3 Å². The molecule has 0 saturated carbocycles. The molecule has 3 aromatic rings. The van der Waals surface area contributed by atoms with Gasteiger partial charge in [-0.3, -0.25) is 0 Å². The van der Waals surface area contributed by atoms with Gasteiger partial charge in [-0.2, -0.15) is 10.4 Å². The Kier molecular flexibility index (Phi) is 3.36. The number of nitrogens with two attached hydrogens (primary N) is 1. The molecule has 1 unspecified atom stereocenters. The van der Waals surface area contributed by atoms with Crippen LogP contribution < -0.4 is 10.5 Å². The van der Waals surface area contributed by atoms with Crippen molar-refractivity contribution < 1.29 is 4.74 Å². The number of aryl methyl sites for hydroxylation is 2. The molecule has 2 aromatic heterocycles. The minimum atomic E-state index is -0.277. The Hall–Kier alpha value is -3.46. The third-order valence-corrected chi connectivity index (χ3v) is 4.51. The number of fused-ring (bicyclic) bond motifs is 1. The fraction of sp³-hybridized carbons (Fsp3) is 0.158. The third-order valence-electron chi connectivity index (χ3n) is 4.51. The third kappa shape index (κ3) is 2.29. The minimum absolute atomic E-state index is 0.137. The number of hydrogen-bond donors (Lipinski definition) is 1. The molecular weight excluding hydrogens is 314 g/mol. The van der Waals surface area contributed by atoms with Crippen molar-refractivity contribution >= 4 is 0 Å². The normalized spacial score (nSPS) is 16.3. The maximum absolute atomic E-state index is 9.62. The van der Waals surface area contributed by atoms with E-state index in [2.05, 4.69) is 11.2 Å². The Morgan fingerprint density at radius 2 is 1.88 bits per heavy atom. The van der Waals surface area contributed by atoms with Gasteiger partial charge < -0.3 is 15.0 Å². The molecule has 4 rings (SSSR count). The van der Waals surface area contributed by atoms with E-state index < -0.39 is 0 Å². The SMILES string of the molecule is Cc1nn(C)c2c1C(c1ccc(-n3cccc3)cc1)C(C#N)=C(N)O2. The molecule has 1 aliphatic rings. The van der Waals surface area contributed by atoms with E-state index in [1.54, 1.807) is 4.68 Å². The van der Waals surface area contributed by atoms with Gasteiger partial charge in [0.05, 0.1) is 17.2 Å². The van der Waals surface area contributed by atoms with Crippen molar-refractivity contribution in [3.8, 4) is 17.6 Å². The topological polar surface area (TPSA) is 81.8 Å². The highest BCUT2D eigenvalue weighted by Gasteiger charge is 2.35. The maximum atomic E-state index is 9.62. The summed E-state index contributed by atoms with van der Waals surface area (Å²) in [4.78, 5) is 0. The second-order valence-corrected chi connectivity index (χ2v) is 6.03. The van der Waals surface area contributed by atoms with Crippen LogP contribution in [0.4, 0.5) is 0 Å². The average Bonchev–Trinajstić information content (AvgIpc) is 3.23. The maximum Gasteiger partial charge on any atom is 0.224 e. The largest absolute Gasteiger partial charge is 0.422 e. The zero-order valence-electron chi connectivity index (χ0n) is 14.0. The number of hydrogen-bond acceptors (Lipinski definition) is 4. The summed E-state index contributed by atoms with van der Waals surface area (Å²) >= 11 is 0. The molecule has 1 atom stereocenters. The van der Waals surface area contributed by atoms with Crippen molar-refractivity contribution in [3.63, 3.8) is 0 Å². The van der Waals surface area contributed by atoms with Crippen molar-refractivity contribution in [3.05, 3.63) is 77.1 Å². The predicted molar refractivity (Wildman–Crippen MR) is 93.0 cm³/mol. The summed E-state index contributed by atoms with van der Waals surface area (Å²) in [5, 5.41) is 14.0. The minimum Gasteiger partial charge on any atom is -0.422 e. The Morgan fingerprint density at radius 3 is 2.52 bits per heavy atom. The summed E-state index contributed by atoms with van der Waals surface area (Å²) in [5.41, 5.74) is 10.2. The highest BCUT2D eigenvalue weighted by Crippen LogP contribution is 2.43. The zero-order chi connectivity index (χ0) is 17.6. The van der Waals surface area contributed by atoms with E-state index in [0.717, 1.165) is 22.5 Å². The van der Waals surface area contributed by atoms with E-state index in [9.17, 15) is 5.26 Å². The van der Waals surface area contributed by atoms with Gasteiger partial charge in [-0.25, -0.2) is 4.68 Å².